The fraction of sp³-hybridized carbons (Fsp3) is 0.300. The molecule has 1 amide bonds. The van der Waals surface area contributed by atoms with E-state index >= 15 is 0 Å². The fourth-order valence-electron chi connectivity index (χ4n) is 3.46. The Morgan fingerprint density at radius 1 is 1.40 bits per heavy atom. The van der Waals surface area contributed by atoms with Crippen LogP contribution in [0.3, 0.4) is 0 Å². The summed E-state index contributed by atoms with van der Waals surface area (Å²) in [6, 6.07) is 7.89. The molecule has 0 fully saturated rings. The van der Waals surface area contributed by atoms with Crippen LogP contribution in [-0.2, 0) is 12.8 Å². The fourth-order valence-corrected chi connectivity index (χ4v) is 4.25. The Bertz CT molecular complexity index is 967. The molecule has 1 aromatic carbocycles. The van der Waals surface area contributed by atoms with Gasteiger partial charge in [-0.1, -0.05) is 6.92 Å². The van der Waals surface area contributed by atoms with Gasteiger partial charge in [-0.2, -0.15) is 5.10 Å². The summed E-state index contributed by atoms with van der Waals surface area (Å²) in [5, 5.41) is 7.29. The minimum atomic E-state index is -0.175. The van der Waals surface area contributed by atoms with Crippen molar-refractivity contribution in [1.29, 1.82) is 0 Å². The van der Waals surface area contributed by atoms with Crippen LogP contribution in [0.2, 0.25) is 0 Å². The largest absolute Gasteiger partial charge is 0.358 e. The van der Waals surface area contributed by atoms with Crippen molar-refractivity contribution in [2.45, 2.75) is 33.1 Å². The number of aromatic nitrogens is 1. The molecule has 0 radical (unpaired) electrons. The third-order valence-corrected chi connectivity index (χ3v) is 5.90. The summed E-state index contributed by atoms with van der Waals surface area (Å²) in [6.07, 6.45) is 5.10. The highest BCUT2D eigenvalue weighted by atomic mass is 32.1. The van der Waals surface area contributed by atoms with Gasteiger partial charge in [0, 0.05) is 27.0 Å². The number of hydrazone groups is 1. The van der Waals surface area contributed by atoms with Gasteiger partial charge in [0.1, 0.15) is 0 Å². The molecule has 2 N–H and O–H groups in total. The van der Waals surface area contributed by atoms with E-state index in [1.165, 1.54) is 23.1 Å². The van der Waals surface area contributed by atoms with E-state index in [9.17, 15) is 4.79 Å². The van der Waals surface area contributed by atoms with E-state index in [1.807, 2.05) is 36.6 Å². The summed E-state index contributed by atoms with van der Waals surface area (Å²) in [4.78, 5) is 17.0. The molecule has 0 spiro atoms. The quantitative estimate of drug-likeness (QED) is 0.532. The van der Waals surface area contributed by atoms with Crippen LogP contribution in [-0.4, -0.2) is 17.1 Å². The maximum Gasteiger partial charge on any atom is 0.271 e. The normalized spacial score (nSPS) is 17.1. The first-order valence-corrected chi connectivity index (χ1v) is 9.51. The lowest BCUT2D eigenvalue weighted by Crippen LogP contribution is -2.17. The van der Waals surface area contributed by atoms with E-state index < -0.39 is 0 Å². The number of benzene rings is 1. The van der Waals surface area contributed by atoms with E-state index in [-0.39, 0.29) is 5.91 Å². The predicted octanol–water partition coefficient (Wildman–Crippen LogP) is 4.43. The lowest BCUT2D eigenvalue weighted by atomic mass is 9.87. The van der Waals surface area contributed by atoms with Crippen LogP contribution < -0.4 is 5.43 Å². The first-order valence-electron chi connectivity index (χ1n) is 8.63. The van der Waals surface area contributed by atoms with Crippen LogP contribution in [0.1, 0.15) is 45.4 Å². The highest BCUT2D eigenvalue weighted by Crippen LogP contribution is 2.32. The number of rotatable bonds is 3. The Labute approximate surface area is 151 Å². The summed E-state index contributed by atoms with van der Waals surface area (Å²) in [6.45, 7) is 4.32. The molecule has 128 valence electrons. The molecule has 0 saturated heterocycles. The van der Waals surface area contributed by atoms with Gasteiger partial charge in [0.15, 0.2) is 0 Å². The zero-order chi connectivity index (χ0) is 17.4. The number of hydrogen-bond donors (Lipinski definition) is 2. The second kappa shape index (κ2) is 6.48. The third-order valence-electron chi connectivity index (χ3n) is 4.95. The number of nitrogens with one attached hydrogen (secondary N) is 2. The Balaban J connectivity index is 1.56. The first-order chi connectivity index (χ1) is 12.1. The Kier molecular flexibility index (Phi) is 4.17. The van der Waals surface area contributed by atoms with Crippen molar-refractivity contribution in [2.24, 2.45) is 11.0 Å². The molecule has 0 saturated carbocycles. The average molecular weight is 351 g/mol. The maximum atomic E-state index is 12.4. The number of carbonyl (C=O) groups excluding carboxylic acids is 1. The number of fused-ring (bicyclic) bond motifs is 3. The van der Waals surface area contributed by atoms with Gasteiger partial charge in [0.25, 0.3) is 5.91 Å². The van der Waals surface area contributed by atoms with E-state index in [0.717, 1.165) is 28.8 Å². The molecular formula is C20H21N3OS. The van der Waals surface area contributed by atoms with Gasteiger partial charge in [-0.05, 0) is 72.9 Å². The van der Waals surface area contributed by atoms with Crippen molar-refractivity contribution in [1.82, 2.24) is 10.4 Å². The molecule has 0 bridgehead atoms. The van der Waals surface area contributed by atoms with Crippen molar-refractivity contribution in [2.75, 3.05) is 0 Å². The van der Waals surface area contributed by atoms with Gasteiger partial charge in [-0.15, -0.1) is 11.3 Å². The Morgan fingerprint density at radius 2 is 2.28 bits per heavy atom. The molecule has 0 aliphatic heterocycles. The highest BCUT2D eigenvalue weighted by Gasteiger charge is 2.20. The first kappa shape index (κ1) is 16.1. The van der Waals surface area contributed by atoms with Gasteiger partial charge in [0.05, 0.1) is 6.21 Å². The molecule has 4 rings (SSSR count). The molecule has 2 aromatic heterocycles. The average Bonchev–Trinajstić information content (AvgIpc) is 3.17. The summed E-state index contributed by atoms with van der Waals surface area (Å²) in [5.74, 6) is 0.522. The number of amides is 1. The number of hydrogen-bond acceptors (Lipinski definition) is 3. The van der Waals surface area contributed by atoms with Crippen molar-refractivity contribution in [3.05, 3.63) is 56.9 Å². The van der Waals surface area contributed by atoms with Gasteiger partial charge >= 0.3 is 0 Å². The number of H-pyrrole nitrogens is 1. The summed E-state index contributed by atoms with van der Waals surface area (Å²) in [5.41, 5.74) is 8.27. The third kappa shape index (κ3) is 3.12. The minimum absolute atomic E-state index is 0.175. The van der Waals surface area contributed by atoms with Crippen molar-refractivity contribution < 1.29 is 4.79 Å². The van der Waals surface area contributed by atoms with Gasteiger partial charge in [0.2, 0.25) is 0 Å². The zero-order valence-corrected chi connectivity index (χ0v) is 15.2. The number of aryl methyl sites for hydroxylation is 2. The van der Waals surface area contributed by atoms with Crippen LogP contribution >= 0.6 is 11.3 Å². The van der Waals surface area contributed by atoms with E-state index in [4.69, 9.17) is 0 Å². The molecular weight excluding hydrogens is 330 g/mol. The molecule has 3 aromatic rings. The van der Waals surface area contributed by atoms with Gasteiger partial charge in [-0.3, -0.25) is 4.79 Å². The number of nitrogens with zero attached hydrogens (tertiary/aromatic N) is 1. The van der Waals surface area contributed by atoms with Gasteiger partial charge in [-0.25, -0.2) is 5.43 Å². The van der Waals surface area contributed by atoms with Crippen LogP contribution in [0.15, 0.2) is 34.7 Å². The predicted molar refractivity (Wildman–Crippen MR) is 104 cm³/mol. The molecule has 1 unspecified atom stereocenters. The Morgan fingerprint density at radius 3 is 3.08 bits per heavy atom. The highest BCUT2D eigenvalue weighted by molar-refractivity contribution is 7.11. The van der Waals surface area contributed by atoms with Crippen LogP contribution in [0.4, 0.5) is 0 Å². The summed E-state index contributed by atoms with van der Waals surface area (Å²) in [7, 11) is 0. The van der Waals surface area contributed by atoms with Crippen LogP contribution in [0, 0.1) is 12.8 Å². The topological polar surface area (TPSA) is 57.2 Å². The number of carbonyl (C=O) groups is 1. The molecule has 1 atom stereocenters. The van der Waals surface area contributed by atoms with E-state index in [1.54, 1.807) is 17.6 Å². The standard InChI is InChI=1S/C20H21N3OS/c1-12-3-5-17-15(9-12)16-10-14(4-6-18(16)22-17)20(24)23-21-11-19-13(2)7-8-25-19/h4,6-8,10-12,22H,3,5,9H2,1-2H3,(H,23,24)/b21-11-. The number of thiophene rings is 1. The second-order valence-electron chi connectivity index (χ2n) is 6.86. The molecule has 4 nitrogen and oxygen atoms in total. The molecule has 1 aliphatic carbocycles. The SMILES string of the molecule is Cc1ccsc1/C=N\NC(=O)c1ccc2[nH]c3c(c2c1)CC(C)CC3. The van der Waals surface area contributed by atoms with Crippen molar-refractivity contribution in [3.8, 4) is 0 Å². The monoisotopic (exact) mass is 351 g/mol. The minimum Gasteiger partial charge on any atom is -0.358 e. The van der Waals surface area contributed by atoms with Crippen molar-refractivity contribution in [3.63, 3.8) is 0 Å². The molecule has 1 aliphatic rings. The van der Waals surface area contributed by atoms with Crippen molar-refractivity contribution >= 4 is 34.4 Å². The molecule has 2 heterocycles. The zero-order valence-electron chi connectivity index (χ0n) is 14.4. The lowest BCUT2D eigenvalue weighted by Gasteiger charge is -2.18. The van der Waals surface area contributed by atoms with Crippen LogP contribution in [0.25, 0.3) is 10.9 Å². The van der Waals surface area contributed by atoms with E-state index in [2.05, 4.69) is 22.4 Å². The second-order valence-corrected chi connectivity index (χ2v) is 7.81. The summed E-state index contributed by atoms with van der Waals surface area (Å²) < 4.78 is 0. The molecule has 5 heteroatoms. The van der Waals surface area contributed by atoms with Crippen LogP contribution in [0.5, 0.6) is 0 Å². The summed E-state index contributed by atoms with van der Waals surface area (Å²) >= 11 is 1.61. The van der Waals surface area contributed by atoms with E-state index in [0.29, 0.717) is 11.5 Å². The lowest BCUT2D eigenvalue weighted by molar-refractivity contribution is 0.0955. The maximum absolute atomic E-state index is 12.4. The smallest absolute Gasteiger partial charge is 0.271 e. The molecule has 25 heavy (non-hydrogen) atoms. The van der Waals surface area contributed by atoms with Gasteiger partial charge < -0.3 is 4.98 Å². The Hall–Kier alpha value is -2.40. The number of aromatic amines is 1.